The standard InChI is InChI=1S/C37H30FN2S.C23H34GeN.Ir/c1-22(2)29-19-26(24-10-6-5-7-11-24)20-30(23(3)4)36(29)40-33-13-9-8-12-32(33)39-37(40)25-14-17-34-31(18-25)28-16-15-27(38)21-35(28)41-34;1-22(2,3)15-18-14-21(25-16-20(18)24(7,8)9)17-11-10-12-19(13-17)23(4,5)6;/h5-13,15-23H,1-4H3;10,12-14,16H,15H2,1-9H3;/q2*-1;/i;15D2;. The maximum absolute atomic E-state index is 14.0. The van der Waals surface area contributed by atoms with Gasteiger partial charge in [-0.25, -0.2) is 4.39 Å². The molecule has 6 aromatic carbocycles. The van der Waals surface area contributed by atoms with E-state index in [4.69, 9.17) is 12.7 Å². The Morgan fingerprint density at radius 1 is 0.731 bits per heavy atom. The first kappa shape index (κ1) is 47.4. The molecule has 0 saturated heterocycles. The monoisotopic (exact) mass is 1150 g/mol. The quantitative estimate of drug-likeness (QED) is 0.112. The molecule has 347 valence electrons. The summed E-state index contributed by atoms with van der Waals surface area (Å²) >= 11 is -0.691. The van der Waals surface area contributed by atoms with Gasteiger partial charge in [0, 0.05) is 30.5 Å². The van der Waals surface area contributed by atoms with Crippen molar-refractivity contribution in [1.82, 2.24) is 14.5 Å². The zero-order valence-corrected chi connectivity index (χ0v) is 46.5. The second-order valence-corrected chi connectivity index (χ2v) is 32.9. The molecular formula is C60H64FGeIrN3S-2. The van der Waals surface area contributed by atoms with Gasteiger partial charge in [0.1, 0.15) is 5.82 Å². The smallest absolute Gasteiger partial charge is 0 e. The van der Waals surface area contributed by atoms with Crippen LogP contribution in [0, 0.1) is 23.4 Å². The number of halogens is 1. The largest absolute Gasteiger partial charge is 0 e. The molecule has 0 atom stereocenters. The number of hydrogen-bond donors (Lipinski definition) is 0. The van der Waals surface area contributed by atoms with Gasteiger partial charge in [-0.05, 0) is 80.6 Å². The van der Waals surface area contributed by atoms with Crippen molar-refractivity contribution in [2.24, 2.45) is 5.41 Å². The van der Waals surface area contributed by atoms with Crippen molar-refractivity contribution in [1.29, 1.82) is 0 Å². The van der Waals surface area contributed by atoms with E-state index in [1.807, 2.05) is 57.3 Å². The van der Waals surface area contributed by atoms with Crippen LogP contribution in [0.5, 0.6) is 0 Å². The first-order valence-corrected chi connectivity index (χ1v) is 31.4. The van der Waals surface area contributed by atoms with E-state index in [1.165, 1.54) is 39.6 Å². The average Bonchev–Trinajstić information content (AvgIpc) is 3.85. The predicted molar refractivity (Wildman–Crippen MR) is 285 cm³/mol. The van der Waals surface area contributed by atoms with Crippen LogP contribution in [0.25, 0.3) is 70.7 Å². The number of para-hydroxylation sites is 2. The number of rotatable bonds is 8. The normalized spacial score (nSPS) is 12.9. The Morgan fingerprint density at radius 3 is 2.04 bits per heavy atom. The van der Waals surface area contributed by atoms with Crippen LogP contribution in [0.1, 0.15) is 106 Å². The van der Waals surface area contributed by atoms with E-state index in [0.29, 0.717) is 11.8 Å². The van der Waals surface area contributed by atoms with Gasteiger partial charge >= 0.3 is 160 Å². The van der Waals surface area contributed by atoms with E-state index >= 15 is 0 Å². The van der Waals surface area contributed by atoms with E-state index < -0.39 is 25.1 Å². The minimum Gasteiger partial charge on any atom is 0 e. The Labute approximate surface area is 421 Å². The maximum Gasteiger partial charge on any atom is 0 e. The number of hydrogen-bond acceptors (Lipinski definition) is 3. The second kappa shape index (κ2) is 19.7. The van der Waals surface area contributed by atoms with E-state index in [9.17, 15) is 4.39 Å². The Balaban J connectivity index is 0.000000220. The Morgan fingerprint density at radius 2 is 1.40 bits per heavy atom. The van der Waals surface area contributed by atoms with Crippen molar-refractivity contribution >= 4 is 60.2 Å². The van der Waals surface area contributed by atoms with Crippen LogP contribution in [0.2, 0.25) is 17.3 Å². The van der Waals surface area contributed by atoms with Gasteiger partial charge in [-0.15, -0.1) is 23.8 Å². The Kier molecular flexibility index (Phi) is 13.9. The third-order valence-electron chi connectivity index (χ3n) is 12.1. The summed E-state index contributed by atoms with van der Waals surface area (Å²) in [5, 5.41) is 2.16. The molecule has 3 nitrogen and oxygen atoms in total. The van der Waals surface area contributed by atoms with Crippen LogP contribution < -0.4 is 4.40 Å². The molecule has 67 heavy (non-hydrogen) atoms. The van der Waals surface area contributed by atoms with Crippen molar-refractivity contribution in [3.63, 3.8) is 0 Å². The SMILES string of the molecule is CC(C)c1cc(-c2ccccc2)cc(C(C)C)c1-n1c(-c2[c-]cc3sc4cc(F)ccc4c3c2)nc2ccccc21.[2H]C([2H])(c1cc(-c2[c-]ccc(C(C)(C)C)c2)nc[c]1[Ge]([CH3])([CH3])[CH3])C(C)(C)C.[Ir]. The molecule has 3 aromatic heterocycles. The number of imidazole rings is 1. The number of pyridine rings is 1. The molecule has 0 unspecified atom stereocenters. The molecule has 1 radical (unpaired) electrons. The third kappa shape index (κ3) is 10.9. The molecular weight excluding hydrogens is 1080 g/mol. The number of benzene rings is 6. The number of thiophene rings is 1. The van der Waals surface area contributed by atoms with Gasteiger partial charge in [-0.2, -0.15) is 11.3 Å². The molecule has 0 bridgehead atoms. The minimum atomic E-state index is -2.29. The fourth-order valence-corrected chi connectivity index (χ4v) is 12.7. The van der Waals surface area contributed by atoms with Crippen LogP contribution in [-0.4, -0.2) is 27.8 Å². The minimum absolute atomic E-state index is 0. The summed E-state index contributed by atoms with van der Waals surface area (Å²) in [5.41, 5.74) is 12.5. The van der Waals surface area contributed by atoms with Crippen molar-refractivity contribution in [2.75, 3.05) is 0 Å². The van der Waals surface area contributed by atoms with Gasteiger partial charge in [-0.1, -0.05) is 81.6 Å². The van der Waals surface area contributed by atoms with Gasteiger partial charge in [0.25, 0.3) is 0 Å². The van der Waals surface area contributed by atoms with E-state index in [1.54, 1.807) is 17.4 Å². The molecule has 0 saturated carbocycles. The molecule has 0 aliphatic rings. The van der Waals surface area contributed by atoms with Crippen LogP contribution in [0.15, 0.2) is 128 Å². The van der Waals surface area contributed by atoms with Crippen molar-refractivity contribution in [3.05, 3.63) is 168 Å². The predicted octanol–water partition coefficient (Wildman–Crippen LogP) is 16.9. The number of aromatic nitrogens is 3. The molecule has 9 rings (SSSR count). The molecule has 0 amide bonds. The summed E-state index contributed by atoms with van der Waals surface area (Å²) in [6, 6.07) is 48.0. The molecule has 0 aliphatic carbocycles. The van der Waals surface area contributed by atoms with Crippen LogP contribution in [-0.2, 0) is 31.9 Å². The topological polar surface area (TPSA) is 30.7 Å². The summed E-state index contributed by atoms with van der Waals surface area (Å²) < 4.78 is 37.3. The molecule has 0 aliphatic heterocycles. The van der Waals surface area contributed by atoms with Gasteiger partial charge in [-0.3, -0.25) is 4.98 Å². The third-order valence-corrected chi connectivity index (χ3v) is 17.4. The Hall–Kier alpha value is -4.72. The molecule has 7 heteroatoms. The summed E-state index contributed by atoms with van der Waals surface area (Å²) in [4.78, 5) is 9.95. The molecule has 0 N–H and O–H groups in total. The summed E-state index contributed by atoms with van der Waals surface area (Å²) in [6.07, 6.45) is 0.506. The molecule has 3 heterocycles. The van der Waals surface area contributed by atoms with Crippen LogP contribution in [0.4, 0.5) is 4.39 Å². The molecule has 0 fully saturated rings. The fourth-order valence-electron chi connectivity index (χ4n) is 8.66. The van der Waals surface area contributed by atoms with Crippen LogP contribution >= 0.6 is 11.3 Å². The van der Waals surface area contributed by atoms with Crippen molar-refractivity contribution < 1.29 is 27.2 Å². The second-order valence-electron chi connectivity index (χ2n) is 21.3. The van der Waals surface area contributed by atoms with Gasteiger partial charge in [0.2, 0.25) is 0 Å². The summed E-state index contributed by atoms with van der Waals surface area (Å²) in [5.74, 6) is 8.13. The molecule has 9 aromatic rings. The van der Waals surface area contributed by atoms with Crippen molar-refractivity contribution in [2.45, 2.75) is 110 Å². The van der Waals surface area contributed by atoms with Gasteiger partial charge in [0.15, 0.2) is 0 Å². The Bertz CT molecular complexity index is 3270. The maximum atomic E-state index is 14.0. The first-order chi connectivity index (χ1) is 31.9. The summed E-state index contributed by atoms with van der Waals surface area (Å²) in [7, 11) is 0. The average molecular weight is 1150 g/mol. The number of fused-ring (bicyclic) bond motifs is 4. The fraction of sp³-hybridized carbons (Fsp3) is 0.300. The van der Waals surface area contributed by atoms with Crippen LogP contribution in [0.3, 0.4) is 0 Å². The van der Waals surface area contributed by atoms with Gasteiger partial charge < -0.3 is 4.57 Å². The van der Waals surface area contributed by atoms with E-state index in [-0.39, 0.29) is 31.3 Å². The zero-order chi connectivity index (χ0) is 49.1. The summed E-state index contributed by atoms with van der Waals surface area (Å²) in [6.45, 7) is 21.6. The first-order valence-electron chi connectivity index (χ1n) is 24.2. The molecule has 0 spiro atoms. The van der Waals surface area contributed by atoms with E-state index in [0.717, 1.165) is 63.8 Å². The van der Waals surface area contributed by atoms with E-state index in [2.05, 4.69) is 161 Å². The zero-order valence-electron chi connectivity index (χ0n) is 43.2. The van der Waals surface area contributed by atoms with Gasteiger partial charge in [0.05, 0.1) is 16.9 Å². The van der Waals surface area contributed by atoms with Crippen molar-refractivity contribution in [3.8, 4) is 39.5 Å². The number of nitrogens with zero attached hydrogens (tertiary/aromatic N) is 3.